The Hall–Kier alpha value is -1.03. The predicted octanol–water partition coefficient (Wildman–Crippen LogP) is 1.91. The smallest absolute Gasteiger partial charge is 0.321 e. The van der Waals surface area contributed by atoms with E-state index >= 15 is 0 Å². The molecule has 3 nitrogen and oxygen atoms in total. The minimum absolute atomic E-state index is 0.0678. The number of halogens is 1. The van der Waals surface area contributed by atoms with Gasteiger partial charge in [-0.15, -0.1) is 0 Å². The van der Waals surface area contributed by atoms with Crippen LogP contribution in [0.1, 0.15) is 10.4 Å². The molecule has 0 bridgehead atoms. The summed E-state index contributed by atoms with van der Waals surface area (Å²) in [6.45, 7) is 0. The van der Waals surface area contributed by atoms with Gasteiger partial charge in [-0.1, -0.05) is 28.1 Å². The molecule has 0 aliphatic rings. The minimum Gasteiger partial charge on any atom is -0.508 e. The number of benzene rings is 1. The summed E-state index contributed by atoms with van der Waals surface area (Å²) < 4.78 is 0. The van der Waals surface area contributed by atoms with Crippen LogP contribution < -0.4 is 0 Å². The Balaban J connectivity index is 2.95. The fourth-order valence-corrected chi connectivity index (χ4v) is 1.11. The van der Waals surface area contributed by atoms with E-state index in [0.717, 1.165) is 0 Å². The molecule has 0 fully saturated rings. The average molecular weight is 231 g/mol. The second-order valence-corrected chi connectivity index (χ2v) is 3.21. The molecule has 1 unspecified atom stereocenters. The van der Waals surface area contributed by atoms with Gasteiger partial charge in [0.2, 0.25) is 0 Å². The van der Waals surface area contributed by atoms with Crippen LogP contribution in [0, 0.1) is 0 Å². The lowest BCUT2D eigenvalue weighted by molar-refractivity contribution is -0.136. The van der Waals surface area contributed by atoms with Crippen LogP contribution in [0.3, 0.4) is 0 Å². The van der Waals surface area contributed by atoms with Crippen molar-refractivity contribution in [1.82, 2.24) is 0 Å². The second kappa shape index (κ2) is 3.58. The first kappa shape index (κ1) is 9.06. The molecule has 1 aromatic rings. The van der Waals surface area contributed by atoms with Crippen molar-refractivity contribution in [3.8, 4) is 5.75 Å². The fourth-order valence-electron chi connectivity index (χ4n) is 0.825. The van der Waals surface area contributed by atoms with Gasteiger partial charge in [0.25, 0.3) is 0 Å². The van der Waals surface area contributed by atoms with Gasteiger partial charge < -0.3 is 10.2 Å². The van der Waals surface area contributed by atoms with E-state index in [4.69, 9.17) is 10.2 Å². The van der Waals surface area contributed by atoms with Crippen LogP contribution in [0.2, 0.25) is 0 Å². The normalized spacial score (nSPS) is 12.4. The lowest BCUT2D eigenvalue weighted by Crippen LogP contribution is -2.03. The standard InChI is InChI=1S/C8H7BrO3/c9-7(8(11)12)5-2-1-3-6(10)4-5/h1-4,7,10H,(H,11,12). The molecule has 0 aliphatic heterocycles. The molecule has 1 atom stereocenters. The Morgan fingerprint density at radius 2 is 2.17 bits per heavy atom. The van der Waals surface area contributed by atoms with Crippen molar-refractivity contribution in [3.05, 3.63) is 29.8 Å². The monoisotopic (exact) mass is 230 g/mol. The number of phenols is 1. The Morgan fingerprint density at radius 3 is 2.67 bits per heavy atom. The number of hydrogen-bond acceptors (Lipinski definition) is 2. The van der Waals surface area contributed by atoms with E-state index in [1.165, 1.54) is 12.1 Å². The summed E-state index contributed by atoms with van der Waals surface area (Å²) in [5.41, 5.74) is 0.530. The van der Waals surface area contributed by atoms with Gasteiger partial charge in [0.05, 0.1) is 0 Å². The third-order valence-corrected chi connectivity index (χ3v) is 2.30. The molecule has 4 heteroatoms. The average Bonchev–Trinajstić information content (AvgIpc) is 2.03. The van der Waals surface area contributed by atoms with Gasteiger partial charge in [-0.3, -0.25) is 4.79 Å². The van der Waals surface area contributed by atoms with Crippen LogP contribution in [0.25, 0.3) is 0 Å². The van der Waals surface area contributed by atoms with E-state index in [1.54, 1.807) is 12.1 Å². The Bertz CT molecular complexity index is 298. The van der Waals surface area contributed by atoms with Crippen LogP contribution in [-0.2, 0) is 4.79 Å². The number of rotatable bonds is 2. The molecule has 12 heavy (non-hydrogen) atoms. The third-order valence-electron chi connectivity index (χ3n) is 1.38. The van der Waals surface area contributed by atoms with Crippen LogP contribution in [0.15, 0.2) is 24.3 Å². The molecule has 2 N–H and O–H groups in total. The van der Waals surface area contributed by atoms with Gasteiger partial charge >= 0.3 is 5.97 Å². The highest BCUT2D eigenvalue weighted by Gasteiger charge is 2.15. The maximum absolute atomic E-state index is 10.5. The summed E-state index contributed by atoms with van der Waals surface area (Å²) in [7, 11) is 0. The molecule has 64 valence electrons. The number of alkyl halides is 1. The van der Waals surface area contributed by atoms with Gasteiger partial charge in [-0.2, -0.15) is 0 Å². The maximum Gasteiger partial charge on any atom is 0.321 e. The van der Waals surface area contributed by atoms with E-state index in [0.29, 0.717) is 5.56 Å². The molecular weight excluding hydrogens is 224 g/mol. The van der Waals surface area contributed by atoms with Crippen molar-refractivity contribution in [2.24, 2.45) is 0 Å². The molecule has 0 saturated carbocycles. The molecule has 0 amide bonds. The minimum atomic E-state index is -0.972. The zero-order valence-electron chi connectivity index (χ0n) is 6.07. The van der Waals surface area contributed by atoms with E-state index in [1.807, 2.05) is 0 Å². The summed E-state index contributed by atoms with van der Waals surface area (Å²) in [6.07, 6.45) is 0. The van der Waals surface area contributed by atoms with Crippen molar-refractivity contribution < 1.29 is 15.0 Å². The number of aromatic hydroxyl groups is 1. The van der Waals surface area contributed by atoms with Crippen molar-refractivity contribution in [3.63, 3.8) is 0 Å². The topological polar surface area (TPSA) is 57.5 Å². The van der Waals surface area contributed by atoms with Crippen LogP contribution in [0.5, 0.6) is 5.75 Å². The van der Waals surface area contributed by atoms with Crippen LogP contribution in [-0.4, -0.2) is 16.2 Å². The fraction of sp³-hybridized carbons (Fsp3) is 0.125. The molecule has 0 radical (unpaired) electrons. The molecule has 0 heterocycles. The van der Waals surface area contributed by atoms with Gasteiger partial charge in [-0.05, 0) is 17.7 Å². The summed E-state index contributed by atoms with van der Waals surface area (Å²) in [5.74, 6) is -0.904. The number of phenolic OH excluding ortho intramolecular Hbond substituents is 1. The highest BCUT2D eigenvalue weighted by atomic mass is 79.9. The first-order valence-corrected chi connectivity index (χ1v) is 4.18. The van der Waals surface area contributed by atoms with Crippen molar-refractivity contribution in [2.45, 2.75) is 4.83 Å². The molecule has 0 spiro atoms. The molecule has 0 aliphatic carbocycles. The van der Waals surface area contributed by atoms with Crippen LogP contribution >= 0.6 is 15.9 Å². The van der Waals surface area contributed by atoms with E-state index < -0.39 is 10.8 Å². The van der Waals surface area contributed by atoms with Crippen molar-refractivity contribution >= 4 is 21.9 Å². The summed E-state index contributed by atoms with van der Waals surface area (Å²) in [4.78, 5) is 9.72. The summed E-state index contributed by atoms with van der Waals surface area (Å²) >= 11 is 2.97. The SMILES string of the molecule is O=C(O)C(Br)c1cccc(O)c1. The molecule has 1 rings (SSSR count). The number of carboxylic acid groups (broad SMARTS) is 1. The Labute approximate surface area is 77.8 Å². The molecule has 0 saturated heterocycles. The quantitative estimate of drug-likeness (QED) is 0.764. The molecule has 1 aromatic carbocycles. The van der Waals surface area contributed by atoms with Gasteiger partial charge in [0.1, 0.15) is 10.6 Å². The van der Waals surface area contributed by atoms with Crippen molar-refractivity contribution in [1.29, 1.82) is 0 Å². The second-order valence-electron chi connectivity index (χ2n) is 2.30. The highest BCUT2D eigenvalue weighted by molar-refractivity contribution is 9.09. The van der Waals surface area contributed by atoms with E-state index in [2.05, 4.69) is 15.9 Å². The maximum atomic E-state index is 10.5. The number of aliphatic carboxylic acids is 1. The Kier molecular flexibility index (Phi) is 2.70. The zero-order valence-corrected chi connectivity index (χ0v) is 7.65. The lowest BCUT2D eigenvalue weighted by Gasteiger charge is -2.03. The zero-order chi connectivity index (χ0) is 9.14. The van der Waals surface area contributed by atoms with E-state index in [-0.39, 0.29) is 5.75 Å². The number of carboxylic acids is 1. The van der Waals surface area contributed by atoms with Gasteiger partial charge in [0.15, 0.2) is 0 Å². The summed E-state index contributed by atoms with van der Waals surface area (Å²) in [5, 5.41) is 17.6. The first-order valence-electron chi connectivity index (χ1n) is 3.27. The van der Waals surface area contributed by atoms with Gasteiger partial charge in [0, 0.05) is 0 Å². The van der Waals surface area contributed by atoms with Crippen LogP contribution in [0.4, 0.5) is 0 Å². The molecular formula is C8H7BrO3. The lowest BCUT2D eigenvalue weighted by atomic mass is 10.1. The van der Waals surface area contributed by atoms with E-state index in [9.17, 15) is 4.79 Å². The van der Waals surface area contributed by atoms with Gasteiger partial charge in [-0.25, -0.2) is 0 Å². The third kappa shape index (κ3) is 1.98. The highest BCUT2D eigenvalue weighted by Crippen LogP contribution is 2.25. The largest absolute Gasteiger partial charge is 0.508 e. The number of carbonyl (C=O) groups is 1. The summed E-state index contributed by atoms with van der Waals surface area (Å²) in [6, 6.07) is 6.13. The Morgan fingerprint density at radius 1 is 1.50 bits per heavy atom. The number of hydrogen-bond donors (Lipinski definition) is 2. The van der Waals surface area contributed by atoms with Crippen molar-refractivity contribution in [2.75, 3.05) is 0 Å². The first-order chi connectivity index (χ1) is 5.61. The molecule has 0 aromatic heterocycles. The predicted molar refractivity (Wildman–Crippen MR) is 47.4 cm³/mol.